The monoisotopic (exact) mass is 552 g/mol. The summed E-state index contributed by atoms with van der Waals surface area (Å²) in [6, 6.07) is 26.1. The maximum atomic E-state index is 13.6. The van der Waals surface area contributed by atoms with Crippen molar-refractivity contribution in [2.24, 2.45) is 0 Å². The third-order valence-corrected chi connectivity index (χ3v) is 7.51. The van der Waals surface area contributed by atoms with Gasteiger partial charge in [-0.25, -0.2) is 8.42 Å². The van der Waals surface area contributed by atoms with Gasteiger partial charge in [0.25, 0.3) is 10.0 Å². The number of amides is 1. The molecule has 0 fully saturated rings. The van der Waals surface area contributed by atoms with E-state index in [1.165, 1.54) is 32.4 Å². The number of benzene rings is 4. The summed E-state index contributed by atoms with van der Waals surface area (Å²) >= 11 is 6.19. The van der Waals surface area contributed by atoms with Crippen molar-refractivity contribution in [1.82, 2.24) is 0 Å². The molecule has 10 heteroatoms. The van der Waals surface area contributed by atoms with Crippen molar-refractivity contribution in [1.29, 1.82) is 0 Å². The lowest BCUT2D eigenvalue weighted by atomic mass is 10.2. The highest BCUT2D eigenvalue weighted by Crippen LogP contribution is 2.36. The zero-order chi connectivity index (χ0) is 27.1. The maximum absolute atomic E-state index is 13.6. The van der Waals surface area contributed by atoms with E-state index in [1.807, 2.05) is 0 Å². The minimum Gasteiger partial charge on any atom is -0.497 e. The van der Waals surface area contributed by atoms with Gasteiger partial charge in [-0.15, -0.1) is 0 Å². The molecule has 1 N–H and O–H groups in total. The van der Waals surface area contributed by atoms with E-state index in [9.17, 15) is 13.2 Å². The van der Waals surface area contributed by atoms with Crippen LogP contribution in [0.4, 0.5) is 11.4 Å². The average Bonchev–Trinajstić information content (AvgIpc) is 2.94. The van der Waals surface area contributed by atoms with Gasteiger partial charge in [0.1, 0.15) is 12.3 Å². The van der Waals surface area contributed by atoms with Gasteiger partial charge in [0.2, 0.25) is 5.91 Å². The zero-order valence-corrected chi connectivity index (χ0v) is 22.2. The number of nitrogens with one attached hydrogen (secondary N) is 1. The number of carbonyl (C=O) groups is 1. The van der Waals surface area contributed by atoms with E-state index in [-0.39, 0.29) is 10.6 Å². The largest absolute Gasteiger partial charge is 0.497 e. The van der Waals surface area contributed by atoms with E-state index < -0.39 is 22.5 Å². The van der Waals surface area contributed by atoms with Crippen molar-refractivity contribution in [2.75, 3.05) is 30.4 Å². The molecule has 0 unspecified atom stereocenters. The van der Waals surface area contributed by atoms with E-state index in [0.29, 0.717) is 33.7 Å². The molecule has 0 aliphatic heterocycles. The van der Waals surface area contributed by atoms with Gasteiger partial charge in [-0.05, 0) is 66.7 Å². The summed E-state index contributed by atoms with van der Waals surface area (Å²) in [4.78, 5) is 13.3. The predicted octanol–water partition coefficient (Wildman–Crippen LogP) is 5.98. The van der Waals surface area contributed by atoms with Crippen LogP contribution in [0.2, 0.25) is 5.02 Å². The molecule has 0 spiro atoms. The number of anilines is 2. The highest BCUT2D eigenvalue weighted by Gasteiger charge is 2.27. The van der Waals surface area contributed by atoms with Crippen LogP contribution in [-0.4, -0.2) is 35.1 Å². The number of ether oxygens (including phenoxy) is 3. The minimum absolute atomic E-state index is 0.0477. The van der Waals surface area contributed by atoms with E-state index in [4.69, 9.17) is 25.8 Å². The predicted molar refractivity (Wildman–Crippen MR) is 147 cm³/mol. The van der Waals surface area contributed by atoms with Gasteiger partial charge in [-0.3, -0.25) is 9.10 Å². The topological polar surface area (TPSA) is 94.2 Å². The van der Waals surface area contributed by atoms with Crippen molar-refractivity contribution in [3.05, 3.63) is 102 Å². The lowest BCUT2D eigenvalue weighted by Gasteiger charge is -2.24. The number of sulfonamides is 1. The normalized spacial score (nSPS) is 10.9. The number of halogens is 1. The van der Waals surface area contributed by atoms with Crippen molar-refractivity contribution in [3.63, 3.8) is 0 Å². The van der Waals surface area contributed by atoms with E-state index in [2.05, 4.69) is 5.32 Å². The van der Waals surface area contributed by atoms with Crippen LogP contribution in [0.5, 0.6) is 23.0 Å². The number of para-hydroxylation sites is 2. The molecule has 0 radical (unpaired) electrons. The maximum Gasteiger partial charge on any atom is 0.264 e. The summed E-state index contributed by atoms with van der Waals surface area (Å²) < 4.78 is 44.7. The molecular formula is C28H25ClN2O6S. The van der Waals surface area contributed by atoms with Crippen LogP contribution in [0.3, 0.4) is 0 Å². The molecule has 0 saturated carbocycles. The Morgan fingerprint density at radius 1 is 0.816 bits per heavy atom. The summed E-state index contributed by atoms with van der Waals surface area (Å²) in [7, 11) is -1.05. The Balaban J connectivity index is 1.64. The Morgan fingerprint density at radius 3 is 2.13 bits per heavy atom. The molecule has 8 nitrogen and oxygen atoms in total. The second-order valence-electron chi connectivity index (χ2n) is 7.96. The second-order valence-corrected chi connectivity index (χ2v) is 10.3. The molecule has 4 aromatic rings. The Bertz CT molecular complexity index is 1510. The van der Waals surface area contributed by atoms with Gasteiger partial charge in [-0.1, -0.05) is 41.9 Å². The Hall–Kier alpha value is -4.21. The summed E-state index contributed by atoms with van der Waals surface area (Å²) in [6.07, 6.45) is 0. The molecule has 4 aromatic carbocycles. The fraction of sp³-hybridized carbons (Fsp3) is 0.107. The van der Waals surface area contributed by atoms with Gasteiger partial charge in [0, 0.05) is 5.02 Å². The molecule has 0 aliphatic carbocycles. The van der Waals surface area contributed by atoms with Crippen LogP contribution in [0.1, 0.15) is 0 Å². The van der Waals surface area contributed by atoms with Crippen molar-refractivity contribution in [2.45, 2.75) is 4.90 Å². The van der Waals surface area contributed by atoms with Gasteiger partial charge in [0.05, 0.1) is 30.5 Å². The standard InChI is InChI=1S/C28H25ClN2O6S/c1-35-22-15-13-21(14-16-22)31(38(33,34)23-8-4-3-5-9-23)19-28(32)30-24-18-20(29)12-17-25(24)37-27-11-7-6-10-26(27)36-2/h3-18H,19H2,1-2H3,(H,30,32). The van der Waals surface area contributed by atoms with Crippen LogP contribution in [0.15, 0.2) is 102 Å². The molecule has 1 amide bonds. The van der Waals surface area contributed by atoms with Gasteiger partial charge < -0.3 is 19.5 Å². The summed E-state index contributed by atoms with van der Waals surface area (Å²) in [5.74, 6) is 1.17. The number of methoxy groups -OCH3 is 2. The quantitative estimate of drug-likeness (QED) is 0.260. The SMILES string of the molecule is COc1ccc(N(CC(=O)Nc2cc(Cl)ccc2Oc2ccccc2OC)S(=O)(=O)c2ccccc2)cc1. The molecule has 0 heterocycles. The van der Waals surface area contributed by atoms with Gasteiger partial charge in [0.15, 0.2) is 17.2 Å². The third-order valence-electron chi connectivity index (χ3n) is 5.48. The Morgan fingerprint density at radius 2 is 1.47 bits per heavy atom. The lowest BCUT2D eigenvalue weighted by molar-refractivity contribution is -0.114. The average molecular weight is 553 g/mol. The molecule has 196 valence electrons. The summed E-state index contributed by atoms with van der Waals surface area (Å²) in [5.41, 5.74) is 0.557. The van der Waals surface area contributed by atoms with Crippen molar-refractivity contribution in [3.8, 4) is 23.0 Å². The zero-order valence-electron chi connectivity index (χ0n) is 20.6. The van der Waals surface area contributed by atoms with E-state index in [1.54, 1.807) is 78.9 Å². The first-order valence-corrected chi connectivity index (χ1v) is 13.3. The fourth-order valence-corrected chi connectivity index (χ4v) is 5.23. The number of hydrogen-bond donors (Lipinski definition) is 1. The van der Waals surface area contributed by atoms with Crippen LogP contribution in [0, 0.1) is 0 Å². The van der Waals surface area contributed by atoms with Crippen LogP contribution in [-0.2, 0) is 14.8 Å². The minimum atomic E-state index is -4.08. The first kappa shape index (κ1) is 26.8. The highest BCUT2D eigenvalue weighted by atomic mass is 35.5. The molecule has 0 saturated heterocycles. The van der Waals surface area contributed by atoms with Crippen LogP contribution >= 0.6 is 11.6 Å². The smallest absolute Gasteiger partial charge is 0.264 e. The van der Waals surface area contributed by atoms with Gasteiger partial charge >= 0.3 is 0 Å². The second kappa shape index (κ2) is 11.9. The van der Waals surface area contributed by atoms with Crippen LogP contribution in [0.25, 0.3) is 0 Å². The van der Waals surface area contributed by atoms with Crippen molar-refractivity contribution < 1.29 is 27.4 Å². The Labute approximate surface area is 226 Å². The van der Waals surface area contributed by atoms with Gasteiger partial charge in [-0.2, -0.15) is 0 Å². The number of hydrogen-bond acceptors (Lipinski definition) is 6. The molecule has 0 aromatic heterocycles. The first-order chi connectivity index (χ1) is 18.3. The summed E-state index contributed by atoms with van der Waals surface area (Å²) in [5, 5.41) is 3.09. The molecule has 0 aliphatic rings. The summed E-state index contributed by atoms with van der Waals surface area (Å²) in [6.45, 7) is -0.510. The molecular weight excluding hydrogens is 528 g/mol. The number of carbonyl (C=O) groups excluding carboxylic acids is 1. The Kier molecular flexibility index (Phi) is 8.40. The van der Waals surface area contributed by atoms with E-state index >= 15 is 0 Å². The third kappa shape index (κ3) is 6.19. The van der Waals surface area contributed by atoms with Crippen LogP contribution < -0.4 is 23.8 Å². The number of nitrogens with zero attached hydrogens (tertiary/aromatic N) is 1. The molecule has 0 atom stereocenters. The van der Waals surface area contributed by atoms with E-state index in [0.717, 1.165) is 4.31 Å². The molecule has 0 bridgehead atoms. The first-order valence-electron chi connectivity index (χ1n) is 11.4. The number of rotatable bonds is 10. The lowest BCUT2D eigenvalue weighted by Crippen LogP contribution is -2.38. The fourth-order valence-electron chi connectivity index (χ4n) is 3.61. The molecule has 38 heavy (non-hydrogen) atoms. The van der Waals surface area contributed by atoms with Crippen molar-refractivity contribution >= 4 is 38.9 Å². The molecule has 4 rings (SSSR count). The highest BCUT2D eigenvalue weighted by molar-refractivity contribution is 7.92.